The minimum absolute atomic E-state index is 0.0425. The van der Waals surface area contributed by atoms with Crippen molar-refractivity contribution in [3.63, 3.8) is 0 Å². The molecule has 0 spiro atoms. The predicted molar refractivity (Wildman–Crippen MR) is 154 cm³/mol. The molecular formula is C28H40N6O7. The molecule has 3 amide bonds. The molecule has 0 aliphatic heterocycles. The van der Waals surface area contributed by atoms with E-state index in [1.165, 1.54) is 4.68 Å². The van der Waals surface area contributed by atoms with Crippen LogP contribution in [0, 0.1) is 6.92 Å². The Morgan fingerprint density at radius 2 is 1.49 bits per heavy atom. The zero-order valence-corrected chi connectivity index (χ0v) is 24.6. The van der Waals surface area contributed by atoms with Crippen LogP contribution in [0.25, 0.3) is 0 Å². The monoisotopic (exact) mass is 572 g/mol. The zero-order chi connectivity index (χ0) is 30.6. The van der Waals surface area contributed by atoms with Gasteiger partial charge in [0.1, 0.15) is 17.8 Å². The van der Waals surface area contributed by atoms with Gasteiger partial charge in [-0.1, -0.05) is 30.3 Å². The van der Waals surface area contributed by atoms with Crippen molar-refractivity contribution >= 4 is 24.1 Å². The van der Waals surface area contributed by atoms with Gasteiger partial charge in [0.15, 0.2) is 0 Å². The largest absolute Gasteiger partial charge is 0.444 e. The van der Waals surface area contributed by atoms with E-state index in [9.17, 15) is 19.2 Å². The summed E-state index contributed by atoms with van der Waals surface area (Å²) in [6.07, 6.45) is -0.243. The molecule has 1 aromatic heterocycles. The first-order chi connectivity index (χ1) is 19.1. The molecule has 0 bridgehead atoms. The van der Waals surface area contributed by atoms with Crippen LogP contribution in [0.4, 0.5) is 9.59 Å². The van der Waals surface area contributed by atoms with E-state index in [1.807, 2.05) is 30.3 Å². The van der Waals surface area contributed by atoms with Gasteiger partial charge in [0.25, 0.3) is 11.5 Å². The van der Waals surface area contributed by atoms with Crippen molar-refractivity contribution in [1.82, 2.24) is 20.6 Å². The van der Waals surface area contributed by atoms with Gasteiger partial charge in [-0.15, -0.1) is 0 Å². The number of aryl methyl sites for hydroxylation is 1. The van der Waals surface area contributed by atoms with Crippen molar-refractivity contribution in [3.05, 3.63) is 69.6 Å². The van der Waals surface area contributed by atoms with Gasteiger partial charge >= 0.3 is 12.2 Å². The number of oxime groups is 1. The molecule has 2 aromatic rings. The molecule has 0 saturated carbocycles. The number of benzene rings is 1. The number of carbonyl (C=O) groups excluding carboxylic acids is 3. The number of hydrogen-bond donors (Lipinski definition) is 4. The predicted octanol–water partition coefficient (Wildman–Crippen LogP) is 2.90. The molecule has 0 fully saturated rings. The van der Waals surface area contributed by atoms with Crippen molar-refractivity contribution in [2.45, 2.75) is 72.6 Å². The zero-order valence-electron chi connectivity index (χ0n) is 24.6. The first-order valence-corrected chi connectivity index (χ1v) is 13.1. The van der Waals surface area contributed by atoms with E-state index in [4.69, 9.17) is 14.3 Å². The molecule has 0 unspecified atom stereocenters. The number of nitrogens with one attached hydrogen (secondary N) is 4. The number of aromatic nitrogens is 1. The number of alkyl carbamates (subject to hydrolysis) is 2. The van der Waals surface area contributed by atoms with E-state index in [0.717, 1.165) is 5.56 Å². The van der Waals surface area contributed by atoms with E-state index in [2.05, 4.69) is 26.5 Å². The highest BCUT2D eigenvalue weighted by Crippen LogP contribution is 2.08. The standard InChI is InChI=1S/C28H40N6O7/c1-19-13-15-34(30-18-20-11-9-8-10-12-20)23(36)21(19)17-22(35)29-14-16-39-33-24(31-25(37)40-27(2,3)4)32-26(38)41-28(5,6)7/h8-13,15,30H,14,16-18H2,1-7H3,(H,29,35)(H2,31,32,33,37,38). The molecule has 4 N–H and O–H groups in total. The van der Waals surface area contributed by atoms with Gasteiger partial charge in [-0.3, -0.25) is 20.2 Å². The highest BCUT2D eigenvalue weighted by Gasteiger charge is 2.21. The van der Waals surface area contributed by atoms with Gasteiger partial charge in [-0.05, 0) is 70.8 Å². The summed E-state index contributed by atoms with van der Waals surface area (Å²) in [5.74, 6) is -0.749. The Hall–Kier alpha value is -4.55. The van der Waals surface area contributed by atoms with Crippen LogP contribution in [0.5, 0.6) is 0 Å². The summed E-state index contributed by atoms with van der Waals surface area (Å²) in [5, 5.41) is 10.9. The Morgan fingerprint density at radius 1 is 0.902 bits per heavy atom. The van der Waals surface area contributed by atoms with Gasteiger partial charge < -0.3 is 25.1 Å². The topological polar surface area (TPSA) is 161 Å². The molecule has 0 aliphatic rings. The molecule has 1 heterocycles. The van der Waals surface area contributed by atoms with E-state index in [-0.39, 0.29) is 31.1 Å². The third kappa shape index (κ3) is 12.9. The summed E-state index contributed by atoms with van der Waals surface area (Å²) in [6.45, 7) is 12.2. The number of guanidine groups is 1. The summed E-state index contributed by atoms with van der Waals surface area (Å²) in [4.78, 5) is 54.9. The van der Waals surface area contributed by atoms with Crippen LogP contribution in [0.1, 0.15) is 58.2 Å². The number of hydrogen-bond acceptors (Lipinski definition) is 9. The maximum Gasteiger partial charge on any atom is 0.414 e. The van der Waals surface area contributed by atoms with Crippen molar-refractivity contribution in [2.24, 2.45) is 5.16 Å². The van der Waals surface area contributed by atoms with Gasteiger partial charge in [0.2, 0.25) is 5.91 Å². The Labute approximate surface area is 239 Å². The molecular weight excluding hydrogens is 532 g/mol. The maximum absolute atomic E-state index is 12.9. The average molecular weight is 573 g/mol. The van der Waals surface area contributed by atoms with Crippen LogP contribution in [0.2, 0.25) is 0 Å². The quantitative estimate of drug-likeness (QED) is 0.154. The fraction of sp³-hybridized carbons (Fsp3) is 0.464. The van der Waals surface area contributed by atoms with Crippen LogP contribution in [0.3, 0.4) is 0 Å². The molecule has 2 rings (SSSR count). The number of nitrogens with zero attached hydrogens (tertiary/aromatic N) is 2. The Bertz CT molecular complexity index is 1250. The third-order valence-corrected chi connectivity index (χ3v) is 4.97. The Morgan fingerprint density at radius 3 is 2.05 bits per heavy atom. The highest BCUT2D eigenvalue weighted by molar-refractivity contribution is 6.01. The minimum atomic E-state index is -0.869. The fourth-order valence-corrected chi connectivity index (χ4v) is 3.23. The maximum atomic E-state index is 12.9. The van der Waals surface area contributed by atoms with Crippen LogP contribution < -0.4 is 26.9 Å². The average Bonchev–Trinajstić information content (AvgIpc) is 2.84. The Kier molecular flexibility index (Phi) is 11.7. The number of ether oxygens (including phenoxy) is 2. The summed E-state index contributed by atoms with van der Waals surface area (Å²) in [6, 6.07) is 11.4. The summed E-state index contributed by atoms with van der Waals surface area (Å²) < 4.78 is 11.7. The lowest BCUT2D eigenvalue weighted by Gasteiger charge is -2.21. The van der Waals surface area contributed by atoms with Gasteiger partial charge in [0.05, 0.1) is 19.5 Å². The smallest absolute Gasteiger partial charge is 0.414 e. The number of carbonyl (C=O) groups is 3. The van der Waals surface area contributed by atoms with Crippen LogP contribution >= 0.6 is 0 Å². The molecule has 0 radical (unpaired) electrons. The SMILES string of the molecule is Cc1ccn(NCc2ccccc2)c(=O)c1CC(=O)NCCON=C(NC(=O)OC(C)(C)C)NC(=O)OC(C)(C)C. The lowest BCUT2D eigenvalue weighted by Crippen LogP contribution is -2.47. The summed E-state index contributed by atoms with van der Waals surface area (Å²) in [5.41, 5.74) is 3.21. The van der Waals surface area contributed by atoms with E-state index >= 15 is 0 Å². The van der Waals surface area contributed by atoms with E-state index in [1.54, 1.807) is 60.7 Å². The molecule has 41 heavy (non-hydrogen) atoms. The van der Waals surface area contributed by atoms with Gasteiger partial charge in [-0.25, -0.2) is 14.3 Å². The molecule has 0 saturated heterocycles. The van der Waals surface area contributed by atoms with Crippen LogP contribution in [-0.2, 0) is 32.1 Å². The summed E-state index contributed by atoms with van der Waals surface area (Å²) in [7, 11) is 0. The molecule has 1 aromatic carbocycles. The van der Waals surface area contributed by atoms with Gasteiger partial charge in [-0.2, -0.15) is 0 Å². The van der Waals surface area contributed by atoms with Crippen LogP contribution in [-0.4, -0.2) is 53.1 Å². The number of rotatable bonds is 9. The normalized spacial score (nSPS) is 11.1. The highest BCUT2D eigenvalue weighted by atomic mass is 16.6. The molecule has 13 nitrogen and oxygen atoms in total. The van der Waals surface area contributed by atoms with Crippen molar-refractivity contribution in [3.8, 4) is 0 Å². The number of pyridine rings is 1. The van der Waals surface area contributed by atoms with Crippen molar-refractivity contribution < 1.29 is 28.7 Å². The fourth-order valence-electron chi connectivity index (χ4n) is 3.23. The lowest BCUT2D eigenvalue weighted by atomic mass is 10.1. The summed E-state index contributed by atoms with van der Waals surface area (Å²) >= 11 is 0. The van der Waals surface area contributed by atoms with Crippen LogP contribution in [0.15, 0.2) is 52.5 Å². The molecule has 0 aliphatic carbocycles. The minimum Gasteiger partial charge on any atom is -0.444 e. The third-order valence-electron chi connectivity index (χ3n) is 4.97. The lowest BCUT2D eigenvalue weighted by molar-refractivity contribution is -0.120. The van der Waals surface area contributed by atoms with Crippen molar-refractivity contribution in [1.29, 1.82) is 0 Å². The van der Waals surface area contributed by atoms with Gasteiger partial charge in [0, 0.05) is 11.8 Å². The van der Waals surface area contributed by atoms with E-state index < -0.39 is 29.3 Å². The molecule has 0 atom stereocenters. The second-order valence-electron chi connectivity index (χ2n) is 11.0. The second kappa shape index (κ2) is 14.7. The first kappa shape index (κ1) is 32.7. The molecule has 224 valence electrons. The van der Waals surface area contributed by atoms with Crippen molar-refractivity contribution in [2.75, 3.05) is 18.6 Å². The number of amides is 3. The van der Waals surface area contributed by atoms with E-state index in [0.29, 0.717) is 17.7 Å². The molecule has 13 heteroatoms. The first-order valence-electron chi connectivity index (χ1n) is 13.1. The Balaban J connectivity index is 1.92. The second-order valence-corrected chi connectivity index (χ2v) is 11.0.